The van der Waals surface area contributed by atoms with Crippen molar-refractivity contribution in [1.29, 1.82) is 0 Å². The minimum Gasteiger partial charge on any atom is -0.444 e. The smallest absolute Gasteiger partial charge is 0.412 e. The van der Waals surface area contributed by atoms with E-state index < -0.39 is 11.7 Å². The monoisotopic (exact) mass is 326 g/mol. The van der Waals surface area contributed by atoms with Gasteiger partial charge in [-0.05, 0) is 69.7 Å². The predicted octanol–water partition coefficient (Wildman–Crippen LogP) is 4.59. The maximum Gasteiger partial charge on any atom is 0.412 e. The first kappa shape index (κ1) is 17.5. The highest BCUT2D eigenvalue weighted by molar-refractivity contribution is 6.04. The summed E-state index contributed by atoms with van der Waals surface area (Å²) in [7, 11) is 0. The molecule has 0 saturated heterocycles. The molecule has 0 unspecified atom stereocenters. The summed E-state index contributed by atoms with van der Waals surface area (Å²) in [5.41, 5.74) is 2.33. The van der Waals surface area contributed by atoms with Crippen molar-refractivity contribution < 1.29 is 14.3 Å². The molecule has 2 N–H and O–H groups in total. The number of hydrogen-bond donors (Lipinski definition) is 2. The van der Waals surface area contributed by atoms with Crippen molar-refractivity contribution in [3.05, 3.63) is 59.7 Å². The first-order valence-corrected chi connectivity index (χ1v) is 7.71. The number of nitrogens with one attached hydrogen (secondary N) is 2. The van der Waals surface area contributed by atoms with Crippen LogP contribution in [0.5, 0.6) is 0 Å². The van der Waals surface area contributed by atoms with Gasteiger partial charge in [0.25, 0.3) is 5.91 Å². The van der Waals surface area contributed by atoms with E-state index in [0.29, 0.717) is 11.3 Å². The van der Waals surface area contributed by atoms with Crippen molar-refractivity contribution in [1.82, 2.24) is 0 Å². The Morgan fingerprint density at radius 3 is 2.17 bits per heavy atom. The van der Waals surface area contributed by atoms with Crippen LogP contribution in [0.2, 0.25) is 0 Å². The molecule has 0 fully saturated rings. The zero-order valence-corrected chi connectivity index (χ0v) is 14.3. The van der Waals surface area contributed by atoms with Crippen LogP contribution in [0.25, 0.3) is 0 Å². The van der Waals surface area contributed by atoms with Crippen LogP contribution < -0.4 is 10.6 Å². The number of ether oxygens (including phenoxy) is 1. The normalized spacial score (nSPS) is 10.8. The van der Waals surface area contributed by atoms with Gasteiger partial charge in [-0.1, -0.05) is 12.1 Å². The Bertz CT molecular complexity index is 731. The van der Waals surface area contributed by atoms with Crippen LogP contribution in [0.1, 0.15) is 36.7 Å². The van der Waals surface area contributed by atoms with Crippen molar-refractivity contribution in [2.24, 2.45) is 0 Å². The molecule has 126 valence electrons. The molecule has 2 amide bonds. The molecule has 0 spiro atoms. The number of carbonyl (C=O) groups excluding carboxylic acids is 2. The predicted molar refractivity (Wildman–Crippen MR) is 95.4 cm³/mol. The highest BCUT2D eigenvalue weighted by Crippen LogP contribution is 2.15. The average Bonchev–Trinajstić information content (AvgIpc) is 2.45. The lowest BCUT2D eigenvalue weighted by Crippen LogP contribution is -2.27. The van der Waals surface area contributed by atoms with E-state index in [1.54, 1.807) is 45.0 Å². The molecule has 0 aromatic heterocycles. The lowest BCUT2D eigenvalue weighted by atomic mass is 10.1. The largest absolute Gasteiger partial charge is 0.444 e. The molecule has 0 radical (unpaired) electrons. The van der Waals surface area contributed by atoms with Gasteiger partial charge in [-0.15, -0.1) is 0 Å². The van der Waals surface area contributed by atoms with Crippen LogP contribution in [0.4, 0.5) is 16.2 Å². The number of carbonyl (C=O) groups is 2. The zero-order chi connectivity index (χ0) is 17.7. The van der Waals surface area contributed by atoms with E-state index in [4.69, 9.17) is 4.74 Å². The second-order valence-electron chi connectivity index (χ2n) is 6.53. The lowest BCUT2D eigenvalue weighted by Gasteiger charge is -2.19. The Kier molecular flexibility index (Phi) is 5.24. The Labute approximate surface area is 142 Å². The molecule has 2 aromatic rings. The summed E-state index contributed by atoms with van der Waals surface area (Å²) < 4.78 is 5.18. The summed E-state index contributed by atoms with van der Waals surface area (Å²) in [6, 6.07) is 14.2. The van der Waals surface area contributed by atoms with Crippen molar-refractivity contribution in [3.8, 4) is 0 Å². The first-order chi connectivity index (χ1) is 11.2. The van der Waals surface area contributed by atoms with Gasteiger partial charge in [0.15, 0.2) is 0 Å². The molecule has 0 aliphatic heterocycles. The molecule has 0 aliphatic rings. The number of amides is 2. The quantitative estimate of drug-likeness (QED) is 0.866. The first-order valence-electron chi connectivity index (χ1n) is 7.71. The van der Waals surface area contributed by atoms with Gasteiger partial charge in [-0.25, -0.2) is 4.79 Å². The third kappa shape index (κ3) is 5.43. The third-order valence-electron chi connectivity index (χ3n) is 3.07. The molecule has 0 heterocycles. The second kappa shape index (κ2) is 7.17. The summed E-state index contributed by atoms with van der Waals surface area (Å²) >= 11 is 0. The van der Waals surface area contributed by atoms with Gasteiger partial charge in [0.2, 0.25) is 0 Å². The van der Waals surface area contributed by atoms with Gasteiger partial charge in [-0.2, -0.15) is 0 Å². The van der Waals surface area contributed by atoms with Crippen LogP contribution in [-0.4, -0.2) is 17.6 Å². The molecule has 0 bridgehead atoms. The van der Waals surface area contributed by atoms with Gasteiger partial charge in [0, 0.05) is 16.9 Å². The van der Waals surface area contributed by atoms with Gasteiger partial charge >= 0.3 is 6.09 Å². The van der Waals surface area contributed by atoms with E-state index in [9.17, 15) is 9.59 Å². The standard InChI is InChI=1S/C19H22N2O3/c1-13-6-5-7-16(12-13)20-17(22)14-8-10-15(11-9-14)21-18(23)24-19(2,3)4/h5-12H,1-4H3,(H,20,22)(H,21,23). The van der Waals surface area contributed by atoms with Crippen LogP contribution in [0.3, 0.4) is 0 Å². The van der Waals surface area contributed by atoms with Gasteiger partial charge < -0.3 is 10.1 Å². The van der Waals surface area contributed by atoms with Crippen LogP contribution >= 0.6 is 0 Å². The average molecular weight is 326 g/mol. The maximum atomic E-state index is 12.2. The number of benzene rings is 2. The van der Waals surface area contributed by atoms with Crippen molar-refractivity contribution in [3.63, 3.8) is 0 Å². The molecule has 5 heteroatoms. The minimum absolute atomic E-state index is 0.204. The van der Waals surface area contributed by atoms with E-state index in [-0.39, 0.29) is 5.91 Å². The summed E-state index contributed by atoms with van der Waals surface area (Å²) in [6.07, 6.45) is -0.528. The number of anilines is 2. The Morgan fingerprint density at radius 1 is 0.917 bits per heavy atom. The Hall–Kier alpha value is -2.82. The van der Waals surface area contributed by atoms with Gasteiger partial charge in [0.05, 0.1) is 0 Å². The summed E-state index contributed by atoms with van der Waals surface area (Å²) in [5, 5.41) is 5.47. The summed E-state index contributed by atoms with van der Waals surface area (Å²) in [5.74, 6) is -0.204. The van der Waals surface area contributed by atoms with Crippen molar-refractivity contribution in [2.45, 2.75) is 33.3 Å². The van der Waals surface area contributed by atoms with Gasteiger partial charge in [-0.3, -0.25) is 10.1 Å². The van der Waals surface area contributed by atoms with E-state index in [1.165, 1.54) is 0 Å². The van der Waals surface area contributed by atoms with Crippen molar-refractivity contribution >= 4 is 23.4 Å². The molecule has 0 aliphatic carbocycles. The molecule has 2 aromatic carbocycles. The van der Waals surface area contributed by atoms with Crippen LogP contribution in [-0.2, 0) is 4.74 Å². The zero-order valence-electron chi connectivity index (χ0n) is 14.3. The number of aryl methyl sites for hydroxylation is 1. The van der Waals surface area contributed by atoms with Gasteiger partial charge in [0.1, 0.15) is 5.60 Å². The molecular weight excluding hydrogens is 304 g/mol. The molecular formula is C19H22N2O3. The van der Waals surface area contributed by atoms with E-state index in [1.807, 2.05) is 31.2 Å². The fourth-order valence-corrected chi connectivity index (χ4v) is 2.05. The fourth-order valence-electron chi connectivity index (χ4n) is 2.05. The van der Waals surface area contributed by atoms with Crippen LogP contribution in [0, 0.1) is 6.92 Å². The highest BCUT2D eigenvalue weighted by Gasteiger charge is 2.16. The van der Waals surface area contributed by atoms with Crippen LogP contribution in [0.15, 0.2) is 48.5 Å². The minimum atomic E-state index is -0.558. The topological polar surface area (TPSA) is 67.4 Å². The van der Waals surface area contributed by atoms with E-state index in [0.717, 1.165) is 11.3 Å². The molecule has 5 nitrogen and oxygen atoms in total. The molecule has 24 heavy (non-hydrogen) atoms. The third-order valence-corrected chi connectivity index (χ3v) is 3.07. The second-order valence-corrected chi connectivity index (χ2v) is 6.53. The molecule has 0 atom stereocenters. The van der Waals surface area contributed by atoms with E-state index in [2.05, 4.69) is 10.6 Å². The molecule has 2 rings (SSSR count). The lowest BCUT2D eigenvalue weighted by molar-refractivity contribution is 0.0636. The maximum absolute atomic E-state index is 12.2. The number of hydrogen-bond acceptors (Lipinski definition) is 3. The Balaban J connectivity index is 1.98. The van der Waals surface area contributed by atoms with E-state index >= 15 is 0 Å². The summed E-state index contributed by atoms with van der Waals surface area (Å²) in [6.45, 7) is 7.36. The van der Waals surface area contributed by atoms with Crippen molar-refractivity contribution in [2.75, 3.05) is 10.6 Å². The SMILES string of the molecule is Cc1cccc(NC(=O)c2ccc(NC(=O)OC(C)(C)C)cc2)c1. The highest BCUT2D eigenvalue weighted by atomic mass is 16.6. The Morgan fingerprint density at radius 2 is 1.58 bits per heavy atom. The number of rotatable bonds is 3. The summed E-state index contributed by atoms with van der Waals surface area (Å²) in [4.78, 5) is 23.9. The fraction of sp³-hybridized carbons (Fsp3) is 0.263. The molecule has 0 saturated carbocycles.